The highest BCUT2D eigenvalue weighted by Crippen LogP contribution is 2.34. The third-order valence-corrected chi connectivity index (χ3v) is 5.76. The van der Waals surface area contributed by atoms with Gasteiger partial charge in [0.15, 0.2) is 5.82 Å². The lowest BCUT2D eigenvalue weighted by molar-refractivity contribution is 0.334. The van der Waals surface area contributed by atoms with Crippen molar-refractivity contribution in [2.75, 3.05) is 7.05 Å². The predicted octanol–water partition coefficient (Wildman–Crippen LogP) is 3.41. The highest BCUT2D eigenvalue weighted by atomic mass is 35.5. The fraction of sp³-hybridized carbons (Fsp3) is 0.333. The summed E-state index contributed by atoms with van der Waals surface area (Å²) in [6.45, 7) is 1.77. The predicted molar refractivity (Wildman–Crippen MR) is 83.8 cm³/mol. The van der Waals surface area contributed by atoms with E-state index < -0.39 is 10.0 Å². The van der Waals surface area contributed by atoms with Gasteiger partial charge in [-0.25, -0.2) is 8.42 Å². The van der Waals surface area contributed by atoms with E-state index in [9.17, 15) is 8.42 Å². The number of rotatable bonds is 5. The first-order valence-corrected chi connectivity index (χ1v) is 8.75. The van der Waals surface area contributed by atoms with Crippen molar-refractivity contribution in [3.05, 3.63) is 38.9 Å². The SMILES string of the molecule is CCc1noc(CN(C)S(=O)(=O)c2c(Cl)cc(Cl)cc2Cl)n1. The Morgan fingerprint density at radius 1 is 1.23 bits per heavy atom. The van der Waals surface area contributed by atoms with E-state index in [2.05, 4.69) is 10.1 Å². The lowest BCUT2D eigenvalue weighted by Gasteiger charge is -2.17. The van der Waals surface area contributed by atoms with Gasteiger partial charge in [0.25, 0.3) is 0 Å². The highest BCUT2D eigenvalue weighted by molar-refractivity contribution is 7.89. The number of hydrogen-bond acceptors (Lipinski definition) is 5. The molecule has 1 aromatic carbocycles. The normalized spacial score (nSPS) is 12.1. The molecule has 120 valence electrons. The van der Waals surface area contributed by atoms with Gasteiger partial charge in [0.05, 0.1) is 16.6 Å². The summed E-state index contributed by atoms with van der Waals surface area (Å²) >= 11 is 17.7. The Balaban J connectivity index is 2.33. The van der Waals surface area contributed by atoms with Crippen LogP contribution in [0, 0.1) is 0 Å². The molecule has 0 bridgehead atoms. The first-order chi connectivity index (χ1) is 10.3. The van der Waals surface area contributed by atoms with Gasteiger partial charge in [-0.3, -0.25) is 0 Å². The van der Waals surface area contributed by atoms with E-state index in [1.807, 2.05) is 6.92 Å². The van der Waals surface area contributed by atoms with Crippen LogP contribution in [0.5, 0.6) is 0 Å². The first kappa shape index (κ1) is 17.5. The number of sulfonamides is 1. The van der Waals surface area contributed by atoms with Crippen molar-refractivity contribution in [1.82, 2.24) is 14.4 Å². The molecule has 0 aliphatic carbocycles. The number of nitrogens with zero attached hydrogens (tertiary/aromatic N) is 3. The molecule has 2 aromatic rings. The summed E-state index contributed by atoms with van der Waals surface area (Å²) in [4.78, 5) is 3.85. The molecular formula is C12H12Cl3N3O3S. The summed E-state index contributed by atoms with van der Waals surface area (Å²) in [7, 11) is -2.56. The standard InChI is InChI=1S/C12H12Cl3N3O3S/c1-3-10-16-11(21-17-10)6-18(2)22(19,20)12-8(14)4-7(13)5-9(12)15/h4-5H,3,6H2,1-2H3. The number of aryl methyl sites for hydroxylation is 1. The molecule has 0 amide bonds. The molecule has 0 unspecified atom stereocenters. The largest absolute Gasteiger partial charge is 0.338 e. The summed E-state index contributed by atoms with van der Waals surface area (Å²) < 4.78 is 31.2. The smallest absolute Gasteiger partial charge is 0.246 e. The highest BCUT2D eigenvalue weighted by Gasteiger charge is 2.28. The van der Waals surface area contributed by atoms with Crippen molar-refractivity contribution in [2.24, 2.45) is 0 Å². The molecule has 0 fully saturated rings. The van der Waals surface area contributed by atoms with E-state index >= 15 is 0 Å². The minimum absolute atomic E-state index is 0.0517. The number of halogens is 3. The molecule has 1 heterocycles. The van der Waals surface area contributed by atoms with Crippen molar-refractivity contribution in [3.63, 3.8) is 0 Å². The van der Waals surface area contributed by atoms with Crippen molar-refractivity contribution in [1.29, 1.82) is 0 Å². The van der Waals surface area contributed by atoms with Crippen LogP contribution in [0.3, 0.4) is 0 Å². The molecule has 0 spiro atoms. The van der Waals surface area contributed by atoms with Crippen molar-refractivity contribution < 1.29 is 12.9 Å². The first-order valence-electron chi connectivity index (χ1n) is 6.18. The van der Waals surface area contributed by atoms with Gasteiger partial charge < -0.3 is 4.52 Å². The van der Waals surface area contributed by atoms with Gasteiger partial charge in [-0.1, -0.05) is 46.9 Å². The van der Waals surface area contributed by atoms with Gasteiger partial charge in [-0.2, -0.15) is 9.29 Å². The average molecular weight is 385 g/mol. The molecule has 6 nitrogen and oxygen atoms in total. The molecule has 0 saturated carbocycles. The molecule has 0 aliphatic heterocycles. The van der Waals surface area contributed by atoms with E-state index in [1.165, 1.54) is 19.2 Å². The summed E-state index contributed by atoms with van der Waals surface area (Å²) in [6.07, 6.45) is 0.592. The fourth-order valence-corrected chi connectivity index (χ4v) is 4.31. The Morgan fingerprint density at radius 3 is 2.32 bits per heavy atom. The zero-order chi connectivity index (χ0) is 16.5. The second-order valence-electron chi connectivity index (χ2n) is 4.42. The summed E-state index contributed by atoms with van der Waals surface area (Å²) in [5, 5.41) is 3.86. The zero-order valence-electron chi connectivity index (χ0n) is 11.7. The van der Waals surface area contributed by atoms with Crippen LogP contribution < -0.4 is 0 Å². The maximum Gasteiger partial charge on any atom is 0.246 e. The van der Waals surface area contributed by atoms with E-state index in [1.54, 1.807) is 0 Å². The monoisotopic (exact) mass is 383 g/mol. The van der Waals surface area contributed by atoms with Crippen LogP contribution in [0.2, 0.25) is 15.1 Å². The Labute approximate surface area is 143 Å². The van der Waals surface area contributed by atoms with Crippen molar-refractivity contribution in [2.45, 2.75) is 24.8 Å². The lowest BCUT2D eigenvalue weighted by Crippen LogP contribution is -2.27. The van der Waals surface area contributed by atoms with Crippen LogP contribution in [0.15, 0.2) is 21.6 Å². The zero-order valence-corrected chi connectivity index (χ0v) is 14.8. The van der Waals surface area contributed by atoms with Crippen LogP contribution in [0.4, 0.5) is 0 Å². The second-order valence-corrected chi connectivity index (χ2v) is 7.65. The third-order valence-electron chi connectivity index (χ3n) is 2.82. The Hall–Kier alpha value is -0.860. The van der Waals surface area contributed by atoms with Crippen molar-refractivity contribution in [3.8, 4) is 0 Å². The van der Waals surface area contributed by atoms with Gasteiger partial charge in [0.2, 0.25) is 15.9 Å². The van der Waals surface area contributed by atoms with Gasteiger partial charge in [0, 0.05) is 18.5 Å². The van der Waals surface area contributed by atoms with E-state index in [-0.39, 0.29) is 32.4 Å². The molecular weight excluding hydrogens is 373 g/mol. The fourth-order valence-electron chi connectivity index (χ4n) is 1.70. The van der Waals surface area contributed by atoms with E-state index in [0.717, 1.165) is 4.31 Å². The van der Waals surface area contributed by atoms with Gasteiger partial charge >= 0.3 is 0 Å². The lowest BCUT2D eigenvalue weighted by atomic mass is 10.4. The Morgan fingerprint density at radius 2 is 1.82 bits per heavy atom. The van der Waals surface area contributed by atoms with Gasteiger partial charge in [0.1, 0.15) is 4.90 Å². The van der Waals surface area contributed by atoms with Gasteiger partial charge in [-0.15, -0.1) is 0 Å². The molecule has 0 N–H and O–H groups in total. The van der Waals surface area contributed by atoms with E-state index in [0.29, 0.717) is 12.2 Å². The van der Waals surface area contributed by atoms with Crippen molar-refractivity contribution >= 4 is 44.8 Å². The van der Waals surface area contributed by atoms with Crippen LogP contribution in [0.25, 0.3) is 0 Å². The maximum absolute atomic E-state index is 12.6. The van der Waals surface area contributed by atoms with Gasteiger partial charge in [-0.05, 0) is 12.1 Å². The maximum atomic E-state index is 12.6. The number of aromatic nitrogens is 2. The second kappa shape index (κ2) is 6.72. The third kappa shape index (κ3) is 3.55. The molecule has 0 atom stereocenters. The molecule has 22 heavy (non-hydrogen) atoms. The molecule has 0 aliphatic rings. The van der Waals surface area contributed by atoms with Crippen LogP contribution in [-0.4, -0.2) is 29.9 Å². The molecule has 1 aromatic heterocycles. The minimum Gasteiger partial charge on any atom is -0.338 e. The Bertz CT molecular complexity index is 769. The summed E-state index contributed by atoms with van der Waals surface area (Å²) in [5.41, 5.74) is 0. The van der Waals surface area contributed by atoms with Crippen LogP contribution >= 0.6 is 34.8 Å². The van der Waals surface area contributed by atoms with E-state index in [4.69, 9.17) is 39.3 Å². The van der Waals surface area contributed by atoms with Crippen LogP contribution in [-0.2, 0) is 23.0 Å². The quantitative estimate of drug-likeness (QED) is 0.789. The number of benzene rings is 1. The topological polar surface area (TPSA) is 76.3 Å². The Kier molecular flexibility index (Phi) is 5.34. The van der Waals surface area contributed by atoms with Crippen LogP contribution in [0.1, 0.15) is 18.6 Å². The molecule has 0 saturated heterocycles. The summed E-state index contributed by atoms with van der Waals surface area (Å²) in [6, 6.07) is 2.63. The average Bonchev–Trinajstić information content (AvgIpc) is 2.84. The molecule has 2 rings (SSSR count). The number of hydrogen-bond donors (Lipinski definition) is 0. The minimum atomic E-state index is -3.93. The molecule has 0 radical (unpaired) electrons. The molecule has 10 heteroatoms. The summed E-state index contributed by atoms with van der Waals surface area (Å²) in [5.74, 6) is 0.687.